The molecule has 1 fully saturated rings. The molecule has 0 aliphatic carbocycles. The van der Waals surface area contributed by atoms with E-state index in [1.807, 2.05) is 6.92 Å². The van der Waals surface area contributed by atoms with E-state index in [0.29, 0.717) is 12.1 Å². The molecule has 0 aromatic carbocycles. The Morgan fingerprint density at radius 1 is 1.46 bits per heavy atom. The van der Waals surface area contributed by atoms with Crippen molar-refractivity contribution in [3.05, 3.63) is 0 Å². The van der Waals surface area contributed by atoms with Crippen molar-refractivity contribution < 1.29 is 5.11 Å². The monoisotopic (exact) mass is 186 g/mol. The van der Waals surface area contributed by atoms with Crippen molar-refractivity contribution in [3.8, 4) is 0 Å². The second-order valence-corrected chi connectivity index (χ2v) is 4.32. The normalized spacial score (nSPS) is 27.0. The Bertz CT molecular complexity index is 150. The largest absolute Gasteiger partial charge is 0.395 e. The highest BCUT2D eigenvalue weighted by Crippen LogP contribution is 2.12. The van der Waals surface area contributed by atoms with Gasteiger partial charge in [0.05, 0.1) is 6.61 Å². The van der Waals surface area contributed by atoms with Crippen molar-refractivity contribution in [3.63, 3.8) is 0 Å². The molecular weight excluding hydrogens is 164 g/mol. The lowest BCUT2D eigenvalue weighted by atomic mass is 10.2. The number of rotatable bonds is 4. The summed E-state index contributed by atoms with van der Waals surface area (Å²) in [6.45, 7) is 9.04. The number of nitrogens with zero attached hydrogens (tertiary/aromatic N) is 1. The van der Waals surface area contributed by atoms with E-state index in [-0.39, 0.29) is 12.6 Å². The zero-order chi connectivity index (χ0) is 9.84. The lowest BCUT2D eigenvalue weighted by Crippen LogP contribution is -2.41. The number of likely N-dealkylation sites (tertiary alicyclic amines) is 1. The van der Waals surface area contributed by atoms with Crippen LogP contribution in [0.5, 0.6) is 0 Å². The lowest BCUT2D eigenvalue weighted by Gasteiger charge is -2.21. The first kappa shape index (κ1) is 11.0. The highest BCUT2D eigenvalue weighted by atomic mass is 16.3. The topological polar surface area (TPSA) is 35.5 Å². The lowest BCUT2D eigenvalue weighted by molar-refractivity contribution is 0.231. The van der Waals surface area contributed by atoms with Gasteiger partial charge in [-0.3, -0.25) is 4.90 Å². The van der Waals surface area contributed by atoms with Crippen molar-refractivity contribution >= 4 is 0 Å². The Morgan fingerprint density at radius 2 is 2.15 bits per heavy atom. The Balaban J connectivity index is 2.25. The molecule has 0 aromatic heterocycles. The van der Waals surface area contributed by atoms with Crippen molar-refractivity contribution in [2.24, 2.45) is 0 Å². The zero-order valence-electron chi connectivity index (χ0n) is 8.95. The smallest absolute Gasteiger partial charge is 0.0582 e. The Labute approximate surface area is 81.1 Å². The number of aliphatic hydroxyl groups excluding tert-OH is 1. The first-order valence-electron chi connectivity index (χ1n) is 5.24. The van der Waals surface area contributed by atoms with Gasteiger partial charge in [0.15, 0.2) is 0 Å². The predicted molar refractivity (Wildman–Crippen MR) is 54.8 cm³/mol. The zero-order valence-corrected chi connectivity index (χ0v) is 8.95. The van der Waals surface area contributed by atoms with Crippen LogP contribution in [0.25, 0.3) is 0 Å². The average Bonchev–Trinajstić information content (AvgIpc) is 2.52. The van der Waals surface area contributed by atoms with E-state index in [9.17, 15) is 0 Å². The van der Waals surface area contributed by atoms with Crippen LogP contribution in [-0.2, 0) is 0 Å². The molecule has 13 heavy (non-hydrogen) atoms. The molecule has 0 aromatic rings. The van der Waals surface area contributed by atoms with E-state index >= 15 is 0 Å². The second kappa shape index (κ2) is 4.94. The summed E-state index contributed by atoms with van der Waals surface area (Å²) in [5, 5.41) is 12.3. The van der Waals surface area contributed by atoms with Crippen LogP contribution < -0.4 is 5.32 Å². The van der Waals surface area contributed by atoms with E-state index < -0.39 is 0 Å². The molecule has 1 aliphatic rings. The summed E-state index contributed by atoms with van der Waals surface area (Å²) in [4.78, 5) is 2.47. The van der Waals surface area contributed by atoms with Gasteiger partial charge in [-0.15, -0.1) is 0 Å². The van der Waals surface area contributed by atoms with Crippen LogP contribution >= 0.6 is 0 Å². The molecule has 0 amide bonds. The summed E-state index contributed by atoms with van der Waals surface area (Å²) in [5.41, 5.74) is 0. The minimum atomic E-state index is 0.233. The highest BCUT2D eigenvalue weighted by Gasteiger charge is 2.24. The summed E-state index contributed by atoms with van der Waals surface area (Å²) >= 11 is 0. The van der Waals surface area contributed by atoms with Gasteiger partial charge in [0, 0.05) is 24.7 Å². The van der Waals surface area contributed by atoms with Crippen molar-refractivity contribution in [1.82, 2.24) is 10.2 Å². The van der Waals surface area contributed by atoms with E-state index in [1.165, 1.54) is 13.0 Å². The summed E-state index contributed by atoms with van der Waals surface area (Å²) in [6, 6.07) is 1.46. The molecule has 0 spiro atoms. The van der Waals surface area contributed by atoms with Gasteiger partial charge in [-0.1, -0.05) is 0 Å². The van der Waals surface area contributed by atoms with Crippen LogP contribution in [0.15, 0.2) is 0 Å². The number of hydrogen-bond donors (Lipinski definition) is 2. The van der Waals surface area contributed by atoms with Crippen molar-refractivity contribution in [2.75, 3.05) is 19.7 Å². The van der Waals surface area contributed by atoms with Gasteiger partial charge < -0.3 is 10.4 Å². The highest BCUT2D eigenvalue weighted by molar-refractivity contribution is 4.84. The molecular formula is C10H22N2O. The first-order valence-corrected chi connectivity index (χ1v) is 5.24. The maximum Gasteiger partial charge on any atom is 0.0582 e. The maximum atomic E-state index is 8.89. The number of hydrogen-bond acceptors (Lipinski definition) is 3. The number of aliphatic hydroxyl groups is 1. The summed E-state index contributed by atoms with van der Waals surface area (Å²) in [6.07, 6.45) is 1.21. The molecule has 1 saturated heterocycles. The average molecular weight is 186 g/mol. The van der Waals surface area contributed by atoms with Crippen molar-refractivity contribution in [2.45, 2.75) is 45.3 Å². The third kappa shape index (κ3) is 3.25. The minimum Gasteiger partial charge on any atom is -0.395 e. The molecule has 1 rings (SSSR count). The van der Waals surface area contributed by atoms with Gasteiger partial charge in [-0.05, 0) is 33.7 Å². The van der Waals surface area contributed by atoms with Gasteiger partial charge in [-0.2, -0.15) is 0 Å². The minimum absolute atomic E-state index is 0.233. The fourth-order valence-corrected chi connectivity index (χ4v) is 1.85. The van der Waals surface area contributed by atoms with Gasteiger partial charge in [0.2, 0.25) is 0 Å². The van der Waals surface area contributed by atoms with Gasteiger partial charge in [0.25, 0.3) is 0 Å². The van der Waals surface area contributed by atoms with Crippen LogP contribution in [0.2, 0.25) is 0 Å². The third-order valence-corrected chi connectivity index (χ3v) is 2.74. The van der Waals surface area contributed by atoms with Crippen LogP contribution in [0.1, 0.15) is 27.2 Å². The molecule has 3 heteroatoms. The first-order chi connectivity index (χ1) is 6.13. The molecule has 2 unspecified atom stereocenters. The molecule has 0 saturated carbocycles. The molecule has 1 heterocycles. The van der Waals surface area contributed by atoms with Gasteiger partial charge in [-0.25, -0.2) is 0 Å². The molecule has 0 radical (unpaired) electrons. The maximum absolute atomic E-state index is 8.89. The van der Waals surface area contributed by atoms with Gasteiger partial charge in [0.1, 0.15) is 0 Å². The predicted octanol–water partition coefficient (Wildman–Crippen LogP) is 0.439. The summed E-state index contributed by atoms with van der Waals surface area (Å²) in [5.74, 6) is 0. The standard InChI is InChI=1S/C10H22N2O/c1-8(2)12-5-4-10(6-12)11-9(3)7-13/h8-11,13H,4-7H2,1-3H3. The quantitative estimate of drug-likeness (QED) is 0.669. The van der Waals surface area contributed by atoms with Crippen molar-refractivity contribution in [1.29, 1.82) is 0 Å². The van der Waals surface area contributed by atoms with Gasteiger partial charge >= 0.3 is 0 Å². The SMILES string of the molecule is CC(CO)NC1CCN(C(C)C)C1. The summed E-state index contributed by atoms with van der Waals surface area (Å²) < 4.78 is 0. The van der Waals surface area contributed by atoms with E-state index in [1.54, 1.807) is 0 Å². The Hall–Kier alpha value is -0.120. The summed E-state index contributed by atoms with van der Waals surface area (Å²) in [7, 11) is 0. The van der Waals surface area contributed by atoms with Crippen LogP contribution in [0.4, 0.5) is 0 Å². The van der Waals surface area contributed by atoms with Crippen LogP contribution in [-0.4, -0.2) is 47.8 Å². The molecule has 3 nitrogen and oxygen atoms in total. The van der Waals surface area contributed by atoms with E-state index in [4.69, 9.17) is 5.11 Å². The molecule has 78 valence electrons. The van der Waals surface area contributed by atoms with E-state index in [0.717, 1.165) is 6.54 Å². The fourth-order valence-electron chi connectivity index (χ4n) is 1.85. The Morgan fingerprint density at radius 3 is 2.62 bits per heavy atom. The van der Waals surface area contributed by atoms with E-state index in [2.05, 4.69) is 24.1 Å². The van der Waals surface area contributed by atoms with Crippen LogP contribution in [0.3, 0.4) is 0 Å². The fraction of sp³-hybridized carbons (Fsp3) is 1.00. The molecule has 2 N–H and O–H groups in total. The van der Waals surface area contributed by atoms with Crippen LogP contribution in [0, 0.1) is 0 Å². The number of nitrogens with one attached hydrogen (secondary N) is 1. The molecule has 0 bridgehead atoms. The molecule has 2 atom stereocenters. The second-order valence-electron chi connectivity index (χ2n) is 4.32. The third-order valence-electron chi connectivity index (χ3n) is 2.74. The molecule has 1 aliphatic heterocycles. The Kier molecular flexibility index (Phi) is 4.16.